The summed E-state index contributed by atoms with van der Waals surface area (Å²) in [6, 6.07) is 0. The molecule has 1 unspecified atom stereocenters. The predicted molar refractivity (Wildman–Crippen MR) is 45.3 cm³/mol. The molecule has 62 valence electrons. The molecule has 0 aromatic carbocycles. The van der Waals surface area contributed by atoms with Crippen molar-refractivity contribution in [1.29, 1.82) is 0 Å². The van der Waals surface area contributed by atoms with Crippen molar-refractivity contribution in [3.63, 3.8) is 0 Å². The Morgan fingerprint density at radius 3 is 3.09 bits per heavy atom. The zero-order chi connectivity index (χ0) is 8.10. The van der Waals surface area contributed by atoms with Crippen molar-refractivity contribution in [2.24, 2.45) is 5.92 Å². The minimum absolute atomic E-state index is 0.00273. The summed E-state index contributed by atoms with van der Waals surface area (Å²) >= 11 is 4.41. The molecule has 0 aliphatic carbocycles. The Morgan fingerprint density at radius 2 is 2.55 bits per heavy atom. The molecule has 1 saturated heterocycles. The van der Waals surface area contributed by atoms with Gasteiger partial charge in [-0.15, -0.1) is 0 Å². The van der Waals surface area contributed by atoms with Crippen molar-refractivity contribution in [3.8, 4) is 0 Å². The Labute approximate surface area is 71.1 Å². The lowest BCUT2D eigenvalue weighted by atomic mass is 10.0. The van der Waals surface area contributed by atoms with E-state index in [2.05, 4.69) is 22.3 Å². The van der Waals surface area contributed by atoms with Gasteiger partial charge in [-0.25, -0.2) is 0 Å². The number of carbonyl (C=O) groups is 1. The third-order valence-corrected chi connectivity index (χ3v) is 1.89. The van der Waals surface area contributed by atoms with Gasteiger partial charge in [0.15, 0.2) is 5.55 Å². The minimum Gasteiger partial charge on any atom is -0.422 e. The smallest absolute Gasteiger partial charge is 0.315 e. The van der Waals surface area contributed by atoms with Crippen LogP contribution in [0.15, 0.2) is 0 Å². The molecule has 1 atom stereocenters. The average Bonchev–Trinajstić information content (AvgIpc) is 2.07. The second kappa shape index (κ2) is 4.41. The van der Waals surface area contributed by atoms with Crippen molar-refractivity contribution in [1.82, 2.24) is 5.32 Å². The summed E-state index contributed by atoms with van der Waals surface area (Å²) in [6.45, 7) is 1.73. The fraction of sp³-hybridized carbons (Fsp3) is 0.714. The van der Waals surface area contributed by atoms with Crippen LogP contribution in [0.3, 0.4) is 0 Å². The van der Waals surface area contributed by atoms with Gasteiger partial charge in [0.1, 0.15) is 0 Å². The number of esters is 1. The lowest BCUT2D eigenvalue weighted by Crippen LogP contribution is -2.35. The summed E-state index contributed by atoms with van der Waals surface area (Å²) in [6.07, 6.45) is 1.95. The van der Waals surface area contributed by atoms with Gasteiger partial charge in [0.05, 0.1) is 5.92 Å². The van der Waals surface area contributed by atoms with Gasteiger partial charge in [-0.3, -0.25) is 4.79 Å². The van der Waals surface area contributed by atoms with E-state index in [0.717, 1.165) is 31.5 Å². The van der Waals surface area contributed by atoms with Gasteiger partial charge in [-0.05, 0) is 31.6 Å². The molecule has 11 heavy (non-hydrogen) atoms. The van der Waals surface area contributed by atoms with Crippen molar-refractivity contribution in [2.75, 3.05) is 13.1 Å². The van der Waals surface area contributed by atoms with Crippen LogP contribution in [0, 0.1) is 5.92 Å². The minimum atomic E-state index is -0.202. The van der Waals surface area contributed by atoms with Crippen LogP contribution in [-0.2, 0) is 9.53 Å². The van der Waals surface area contributed by atoms with E-state index in [9.17, 15) is 4.79 Å². The first-order chi connectivity index (χ1) is 5.34. The summed E-state index contributed by atoms with van der Waals surface area (Å²) in [4.78, 5) is 11.0. The van der Waals surface area contributed by atoms with Crippen LogP contribution in [0.2, 0.25) is 0 Å². The summed E-state index contributed by atoms with van der Waals surface area (Å²) in [5, 5.41) is 3.13. The average molecular weight is 173 g/mol. The molecule has 1 aliphatic heterocycles. The first-order valence-corrected chi connectivity index (χ1v) is 4.16. The monoisotopic (exact) mass is 173 g/mol. The van der Waals surface area contributed by atoms with Gasteiger partial charge in [0.2, 0.25) is 0 Å². The highest BCUT2D eigenvalue weighted by Gasteiger charge is 2.21. The van der Waals surface area contributed by atoms with Gasteiger partial charge >= 0.3 is 5.97 Å². The predicted octanol–water partition coefficient (Wildman–Crippen LogP) is 0.486. The van der Waals surface area contributed by atoms with Crippen LogP contribution in [0.25, 0.3) is 0 Å². The summed E-state index contributed by atoms with van der Waals surface area (Å²) in [5.74, 6) is -0.199. The molecule has 4 heteroatoms. The highest BCUT2D eigenvalue weighted by atomic mass is 32.1. The van der Waals surface area contributed by atoms with Gasteiger partial charge in [0.25, 0.3) is 0 Å². The van der Waals surface area contributed by atoms with Crippen molar-refractivity contribution in [3.05, 3.63) is 0 Å². The molecule has 0 radical (unpaired) electrons. The largest absolute Gasteiger partial charge is 0.422 e. The summed E-state index contributed by atoms with van der Waals surface area (Å²) < 4.78 is 4.59. The fourth-order valence-corrected chi connectivity index (χ4v) is 1.29. The van der Waals surface area contributed by atoms with Crippen LogP contribution in [0.4, 0.5) is 0 Å². The zero-order valence-electron chi connectivity index (χ0n) is 6.21. The second-order valence-corrected chi connectivity index (χ2v) is 2.77. The van der Waals surface area contributed by atoms with Crippen LogP contribution in [0.1, 0.15) is 12.8 Å². The number of carbonyl (C=O) groups excluding carboxylic acids is 1. The molecule has 1 rings (SSSR count). The summed E-state index contributed by atoms with van der Waals surface area (Å²) in [5.41, 5.74) is 1.02. The van der Waals surface area contributed by atoms with E-state index in [-0.39, 0.29) is 11.9 Å². The Hall–Kier alpha value is -0.480. The quantitative estimate of drug-likeness (QED) is 0.487. The molecular formula is C7H11NO2S. The maximum atomic E-state index is 11.0. The number of hydrogen-bond donors (Lipinski definition) is 1. The van der Waals surface area contributed by atoms with E-state index in [1.807, 2.05) is 0 Å². The zero-order valence-corrected chi connectivity index (χ0v) is 7.02. The highest BCUT2D eigenvalue weighted by molar-refractivity contribution is 7.78. The van der Waals surface area contributed by atoms with E-state index >= 15 is 0 Å². The standard InChI is InChI=1S/C7H11NO2S/c9-7(10-5-11)6-2-1-3-8-4-6/h5-6,8H,1-4H2. The van der Waals surface area contributed by atoms with Crippen molar-refractivity contribution >= 4 is 23.7 Å². The molecule has 1 heterocycles. The highest BCUT2D eigenvalue weighted by Crippen LogP contribution is 2.10. The number of rotatable bonds is 2. The topological polar surface area (TPSA) is 38.3 Å². The van der Waals surface area contributed by atoms with Gasteiger partial charge < -0.3 is 10.1 Å². The summed E-state index contributed by atoms with van der Waals surface area (Å²) in [7, 11) is 0. The first kappa shape index (κ1) is 8.62. The van der Waals surface area contributed by atoms with Crippen molar-refractivity contribution in [2.45, 2.75) is 12.8 Å². The number of piperidine rings is 1. The SMILES string of the molecule is O=C(OC=S)C1CCCNC1. The normalized spacial score (nSPS) is 24.2. The fourth-order valence-electron chi connectivity index (χ4n) is 1.20. The molecular weight excluding hydrogens is 162 g/mol. The number of thiocarbonyl (C=S) groups is 1. The third-order valence-electron chi connectivity index (χ3n) is 1.79. The van der Waals surface area contributed by atoms with Crippen LogP contribution in [-0.4, -0.2) is 24.6 Å². The van der Waals surface area contributed by atoms with E-state index in [1.54, 1.807) is 0 Å². The molecule has 1 aliphatic rings. The molecule has 1 fully saturated rings. The number of ether oxygens (including phenoxy) is 1. The number of nitrogens with one attached hydrogen (secondary N) is 1. The van der Waals surface area contributed by atoms with E-state index in [1.165, 1.54) is 0 Å². The van der Waals surface area contributed by atoms with Gasteiger partial charge in [0, 0.05) is 6.54 Å². The Kier molecular flexibility index (Phi) is 3.45. The molecule has 0 saturated carbocycles. The van der Waals surface area contributed by atoms with Crippen molar-refractivity contribution < 1.29 is 9.53 Å². The van der Waals surface area contributed by atoms with Crippen LogP contribution in [0.5, 0.6) is 0 Å². The Bertz CT molecular complexity index is 155. The Morgan fingerprint density at radius 1 is 1.73 bits per heavy atom. The molecule has 1 N–H and O–H groups in total. The Balaban J connectivity index is 2.32. The van der Waals surface area contributed by atoms with Gasteiger partial charge in [-0.1, -0.05) is 0 Å². The molecule has 0 aromatic rings. The van der Waals surface area contributed by atoms with E-state index in [4.69, 9.17) is 0 Å². The number of hydrogen-bond acceptors (Lipinski definition) is 4. The molecule has 0 aromatic heterocycles. The molecule has 3 nitrogen and oxygen atoms in total. The maximum Gasteiger partial charge on any atom is 0.315 e. The van der Waals surface area contributed by atoms with Gasteiger partial charge in [-0.2, -0.15) is 0 Å². The lowest BCUT2D eigenvalue weighted by molar-refractivity contribution is -0.139. The molecule has 0 amide bonds. The second-order valence-electron chi connectivity index (χ2n) is 2.58. The third kappa shape index (κ3) is 2.55. The van der Waals surface area contributed by atoms with Crippen LogP contribution < -0.4 is 5.32 Å². The lowest BCUT2D eigenvalue weighted by Gasteiger charge is -2.19. The van der Waals surface area contributed by atoms with E-state index < -0.39 is 0 Å². The molecule has 0 bridgehead atoms. The van der Waals surface area contributed by atoms with Crippen LogP contribution >= 0.6 is 12.2 Å². The maximum absolute atomic E-state index is 11.0. The molecule has 0 spiro atoms. The first-order valence-electron chi connectivity index (χ1n) is 3.69. The van der Waals surface area contributed by atoms with E-state index in [0.29, 0.717) is 0 Å².